The van der Waals surface area contributed by atoms with Crippen LogP contribution in [0.1, 0.15) is 0 Å². The average Bonchev–Trinajstić information content (AvgIpc) is 2.98. The molecule has 0 aliphatic heterocycles. The molecule has 0 saturated carbocycles. The van der Waals surface area contributed by atoms with Crippen molar-refractivity contribution in [2.45, 2.75) is 0 Å². The molecule has 37 heavy (non-hydrogen) atoms. The fourth-order valence-corrected chi connectivity index (χ4v) is 4.52. The van der Waals surface area contributed by atoms with Gasteiger partial charge in [-0.25, -0.2) is 15.0 Å². The van der Waals surface area contributed by atoms with Crippen molar-refractivity contribution in [2.24, 2.45) is 0 Å². The summed E-state index contributed by atoms with van der Waals surface area (Å²) >= 11 is 3.66. The number of halogens is 1. The fourth-order valence-electron chi connectivity index (χ4n) is 4.03. The molecule has 4 aromatic heterocycles. The standard InChI is InChI=1S/C30H19BrN6/c31-27-16-25(24-4-2-12-34-19-24)15-26(17-27)30-36-28(35-29(37-30)22-9-13-32-14-10-22)21-7-5-20(6-8-21)23-3-1-11-33-18-23/h1-19H. The molecule has 0 unspecified atom stereocenters. The highest BCUT2D eigenvalue weighted by molar-refractivity contribution is 9.10. The van der Waals surface area contributed by atoms with E-state index in [1.165, 1.54) is 0 Å². The third kappa shape index (κ3) is 5.03. The average molecular weight is 543 g/mol. The smallest absolute Gasteiger partial charge is 0.164 e. The van der Waals surface area contributed by atoms with Crippen LogP contribution in [0.15, 0.2) is 121 Å². The van der Waals surface area contributed by atoms with Crippen LogP contribution < -0.4 is 0 Å². The van der Waals surface area contributed by atoms with Crippen molar-refractivity contribution >= 4 is 15.9 Å². The van der Waals surface area contributed by atoms with Gasteiger partial charge in [-0.1, -0.05) is 52.3 Å². The maximum atomic E-state index is 4.89. The predicted molar refractivity (Wildman–Crippen MR) is 148 cm³/mol. The van der Waals surface area contributed by atoms with E-state index in [1.807, 2.05) is 67.0 Å². The van der Waals surface area contributed by atoms with Gasteiger partial charge in [0.1, 0.15) is 0 Å². The number of pyridine rings is 3. The van der Waals surface area contributed by atoms with E-state index in [1.54, 1.807) is 24.8 Å². The summed E-state index contributed by atoms with van der Waals surface area (Å²) in [5, 5.41) is 0. The molecule has 0 N–H and O–H groups in total. The first-order chi connectivity index (χ1) is 18.2. The maximum Gasteiger partial charge on any atom is 0.164 e. The summed E-state index contributed by atoms with van der Waals surface area (Å²) in [5.41, 5.74) is 6.81. The van der Waals surface area contributed by atoms with Gasteiger partial charge in [-0.3, -0.25) is 15.0 Å². The lowest BCUT2D eigenvalue weighted by Gasteiger charge is -2.10. The Bertz CT molecular complexity index is 1660. The summed E-state index contributed by atoms with van der Waals surface area (Å²) in [7, 11) is 0. The van der Waals surface area contributed by atoms with Crippen LogP contribution in [0.4, 0.5) is 0 Å². The molecule has 4 heterocycles. The summed E-state index contributed by atoms with van der Waals surface area (Å²) in [4.78, 5) is 27.2. The highest BCUT2D eigenvalue weighted by Gasteiger charge is 2.14. The van der Waals surface area contributed by atoms with Gasteiger partial charge in [-0.2, -0.15) is 0 Å². The monoisotopic (exact) mass is 542 g/mol. The molecule has 0 spiro atoms. The van der Waals surface area contributed by atoms with Crippen LogP contribution in [0.2, 0.25) is 0 Å². The molecule has 0 bridgehead atoms. The van der Waals surface area contributed by atoms with Crippen molar-refractivity contribution in [3.8, 4) is 56.4 Å². The van der Waals surface area contributed by atoms with E-state index in [4.69, 9.17) is 15.0 Å². The molecule has 0 atom stereocenters. The Morgan fingerprint density at radius 2 is 0.919 bits per heavy atom. The molecule has 0 aliphatic carbocycles. The molecule has 0 saturated heterocycles. The zero-order valence-electron chi connectivity index (χ0n) is 19.5. The second-order valence-electron chi connectivity index (χ2n) is 8.33. The first-order valence-electron chi connectivity index (χ1n) is 11.6. The van der Waals surface area contributed by atoms with Gasteiger partial charge in [0.15, 0.2) is 17.5 Å². The van der Waals surface area contributed by atoms with E-state index in [0.717, 1.165) is 43.4 Å². The highest BCUT2D eigenvalue weighted by atomic mass is 79.9. The fraction of sp³-hybridized carbons (Fsp3) is 0. The van der Waals surface area contributed by atoms with Gasteiger partial charge < -0.3 is 0 Å². The van der Waals surface area contributed by atoms with Crippen molar-refractivity contribution in [2.75, 3.05) is 0 Å². The number of benzene rings is 2. The van der Waals surface area contributed by atoms with E-state index in [2.05, 4.69) is 55.1 Å². The van der Waals surface area contributed by atoms with Crippen LogP contribution in [0.5, 0.6) is 0 Å². The van der Waals surface area contributed by atoms with Gasteiger partial charge >= 0.3 is 0 Å². The minimum atomic E-state index is 0.583. The van der Waals surface area contributed by atoms with Gasteiger partial charge in [0, 0.05) is 63.9 Å². The molecule has 6 rings (SSSR count). The van der Waals surface area contributed by atoms with Gasteiger partial charge in [-0.05, 0) is 59.2 Å². The Morgan fingerprint density at radius 3 is 1.51 bits per heavy atom. The normalized spacial score (nSPS) is 10.8. The van der Waals surface area contributed by atoms with E-state index < -0.39 is 0 Å². The quantitative estimate of drug-likeness (QED) is 0.230. The van der Waals surface area contributed by atoms with Crippen LogP contribution in [-0.4, -0.2) is 29.9 Å². The van der Waals surface area contributed by atoms with Crippen LogP contribution in [0.3, 0.4) is 0 Å². The van der Waals surface area contributed by atoms with E-state index in [-0.39, 0.29) is 0 Å². The van der Waals surface area contributed by atoms with Crippen molar-refractivity contribution in [1.82, 2.24) is 29.9 Å². The summed E-state index contributed by atoms with van der Waals surface area (Å²) in [5.74, 6) is 1.76. The van der Waals surface area contributed by atoms with Crippen molar-refractivity contribution in [3.05, 3.63) is 121 Å². The van der Waals surface area contributed by atoms with Gasteiger partial charge in [0.05, 0.1) is 0 Å². The molecular formula is C30H19BrN6. The lowest BCUT2D eigenvalue weighted by molar-refractivity contribution is 1.07. The van der Waals surface area contributed by atoms with Gasteiger partial charge in [0.2, 0.25) is 0 Å². The molecule has 0 fully saturated rings. The van der Waals surface area contributed by atoms with Crippen LogP contribution >= 0.6 is 15.9 Å². The number of aromatic nitrogens is 6. The first kappa shape index (κ1) is 22.8. The molecule has 2 aromatic carbocycles. The Labute approximate surface area is 222 Å². The second kappa shape index (κ2) is 10.2. The maximum absolute atomic E-state index is 4.89. The Morgan fingerprint density at radius 1 is 0.405 bits per heavy atom. The van der Waals surface area contributed by atoms with E-state index in [0.29, 0.717) is 17.5 Å². The molecule has 6 nitrogen and oxygen atoms in total. The van der Waals surface area contributed by atoms with Crippen molar-refractivity contribution < 1.29 is 0 Å². The molecular weight excluding hydrogens is 524 g/mol. The second-order valence-corrected chi connectivity index (χ2v) is 9.25. The molecule has 7 heteroatoms. The summed E-state index contributed by atoms with van der Waals surface area (Å²) in [6.45, 7) is 0. The summed E-state index contributed by atoms with van der Waals surface area (Å²) < 4.78 is 0.928. The summed E-state index contributed by atoms with van der Waals surface area (Å²) in [6, 6.07) is 26.0. The lowest BCUT2D eigenvalue weighted by atomic mass is 10.0. The zero-order valence-corrected chi connectivity index (χ0v) is 21.1. The van der Waals surface area contributed by atoms with Gasteiger partial charge in [0.25, 0.3) is 0 Å². The first-order valence-corrected chi connectivity index (χ1v) is 12.4. The molecule has 0 amide bonds. The third-order valence-electron chi connectivity index (χ3n) is 5.86. The van der Waals surface area contributed by atoms with Crippen molar-refractivity contribution in [3.63, 3.8) is 0 Å². The Hall–Kier alpha value is -4.62. The SMILES string of the molecule is Brc1cc(-c2cccnc2)cc(-c2nc(-c3ccncc3)nc(-c3ccc(-c4cccnc4)cc3)n2)c1. The largest absolute Gasteiger partial charge is 0.265 e. The minimum Gasteiger partial charge on any atom is -0.265 e. The predicted octanol–water partition coefficient (Wildman–Crippen LogP) is 7.15. The molecule has 6 aromatic rings. The lowest BCUT2D eigenvalue weighted by Crippen LogP contribution is -2.00. The topological polar surface area (TPSA) is 77.3 Å². The molecule has 176 valence electrons. The minimum absolute atomic E-state index is 0.583. The number of hydrogen-bond donors (Lipinski definition) is 0. The summed E-state index contributed by atoms with van der Waals surface area (Å²) in [6.07, 6.45) is 10.7. The van der Waals surface area contributed by atoms with Crippen LogP contribution in [0, 0.1) is 0 Å². The molecule has 0 radical (unpaired) electrons. The third-order valence-corrected chi connectivity index (χ3v) is 6.32. The van der Waals surface area contributed by atoms with Gasteiger partial charge in [-0.15, -0.1) is 0 Å². The van der Waals surface area contributed by atoms with E-state index in [9.17, 15) is 0 Å². The van der Waals surface area contributed by atoms with Crippen LogP contribution in [0.25, 0.3) is 56.4 Å². The number of rotatable bonds is 5. The highest BCUT2D eigenvalue weighted by Crippen LogP contribution is 2.31. The number of hydrogen-bond acceptors (Lipinski definition) is 6. The Kier molecular flexibility index (Phi) is 6.27. The van der Waals surface area contributed by atoms with Crippen LogP contribution in [-0.2, 0) is 0 Å². The van der Waals surface area contributed by atoms with E-state index >= 15 is 0 Å². The Balaban J connectivity index is 1.47. The van der Waals surface area contributed by atoms with Crippen molar-refractivity contribution in [1.29, 1.82) is 0 Å². The molecule has 0 aliphatic rings. The number of nitrogens with zero attached hydrogens (tertiary/aromatic N) is 6. The zero-order chi connectivity index (χ0) is 25.0.